The molecule has 1 aliphatic heterocycles. The van der Waals surface area contributed by atoms with Crippen LogP contribution in [-0.2, 0) is 16.6 Å². The minimum absolute atomic E-state index is 0. The minimum Gasteiger partial charge on any atom is -0.357 e. The number of nitrogens with one attached hydrogen (secondary N) is 1. The fourth-order valence-corrected chi connectivity index (χ4v) is 5.05. The molecule has 6 nitrogen and oxygen atoms in total. The van der Waals surface area contributed by atoms with Crippen molar-refractivity contribution in [2.24, 2.45) is 16.8 Å². The highest BCUT2D eigenvalue weighted by atomic mass is 127. The number of guanidine groups is 1. The van der Waals surface area contributed by atoms with Crippen molar-refractivity contribution in [3.8, 4) is 0 Å². The lowest BCUT2D eigenvalue weighted by Crippen LogP contribution is -2.40. The van der Waals surface area contributed by atoms with Crippen LogP contribution in [0.2, 0.25) is 0 Å². The van der Waals surface area contributed by atoms with Gasteiger partial charge in [-0.05, 0) is 49.3 Å². The van der Waals surface area contributed by atoms with Crippen LogP contribution in [0.15, 0.2) is 34.2 Å². The van der Waals surface area contributed by atoms with Gasteiger partial charge >= 0.3 is 0 Å². The molecule has 1 saturated carbocycles. The maximum atomic E-state index is 12.2. The molecule has 1 heterocycles. The predicted molar refractivity (Wildman–Crippen MR) is 125 cm³/mol. The van der Waals surface area contributed by atoms with Gasteiger partial charge in [0.15, 0.2) is 5.96 Å². The Labute approximate surface area is 186 Å². The molecule has 1 aromatic carbocycles. The summed E-state index contributed by atoms with van der Waals surface area (Å²) in [5, 5.41) is 3.43. The Morgan fingerprint density at radius 3 is 2.21 bits per heavy atom. The Morgan fingerprint density at radius 2 is 1.71 bits per heavy atom. The summed E-state index contributed by atoms with van der Waals surface area (Å²) in [7, 11) is -0.291. The summed E-state index contributed by atoms with van der Waals surface area (Å²) in [6.45, 7) is 5.72. The number of benzene rings is 1. The van der Waals surface area contributed by atoms with E-state index >= 15 is 0 Å². The van der Waals surface area contributed by atoms with E-state index < -0.39 is 10.0 Å². The number of hydrogen-bond acceptors (Lipinski definition) is 3. The van der Waals surface area contributed by atoms with Crippen molar-refractivity contribution in [1.82, 2.24) is 14.5 Å². The fraction of sp³-hybridized carbons (Fsp3) is 0.650. The van der Waals surface area contributed by atoms with Crippen LogP contribution in [0.1, 0.15) is 38.2 Å². The zero-order valence-electron chi connectivity index (χ0n) is 17.1. The van der Waals surface area contributed by atoms with Gasteiger partial charge in [-0.3, -0.25) is 0 Å². The van der Waals surface area contributed by atoms with Crippen LogP contribution in [0.25, 0.3) is 0 Å². The summed E-state index contributed by atoms with van der Waals surface area (Å²) in [6, 6.07) is 7.04. The lowest BCUT2D eigenvalue weighted by molar-refractivity contribution is 0.299. The van der Waals surface area contributed by atoms with E-state index in [4.69, 9.17) is 4.99 Å². The van der Waals surface area contributed by atoms with E-state index in [-0.39, 0.29) is 24.0 Å². The summed E-state index contributed by atoms with van der Waals surface area (Å²) in [5.74, 6) is 2.62. The SMILES string of the molecule is CCNC(=NCc1ccc(S(=O)(=O)N(C)C)cc1)N1CC2CCCCC2C1.I. The molecule has 0 aromatic heterocycles. The highest BCUT2D eigenvalue weighted by Gasteiger charge is 2.35. The van der Waals surface area contributed by atoms with Crippen LogP contribution in [0, 0.1) is 11.8 Å². The van der Waals surface area contributed by atoms with Crippen molar-refractivity contribution in [3.63, 3.8) is 0 Å². The van der Waals surface area contributed by atoms with Gasteiger partial charge in [0.25, 0.3) is 0 Å². The predicted octanol–water partition coefficient (Wildman–Crippen LogP) is 3.14. The number of fused-ring (bicyclic) bond motifs is 1. The van der Waals surface area contributed by atoms with Crippen molar-refractivity contribution in [1.29, 1.82) is 0 Å². The molecule has 8 heteroatoms. The molecule has 0 amide bonds. The lowest BCUT2D eigenvalue weighted by Gasteiger charge is -2.22. The third kappa shape index (κ3) is 5.38. The van der Waals surface area contributed by atoms with Crippen LogP contribution >= 0.6 is 24.0 Å². The van der Waals surface area contributed by atoms with E-state index in [9.17, 15) is 8.42 Å². The van der Waals surface area contributed by atoms with E-state index in [0.29, 0.717) is 11.4 Å². The third-order valence-electron chi connectivity index (χ3n) is 5.72. The topological polar surface area (TPSA) is 65.0 Å². The molecular formula is C20H33IN4O2S. The zero-order valence-corrected chi connectivity index (χ0v) is 20.2. The van der Waals surface area contributed by atoms with Crippen molar-refractivity contribution in [2.45, 2.75) is 44.0 Å². The maximum absolute atomic E-state index is 12.2. The lowest BCUT2D eigenvalue weighted by atomic mass is 9.82. The first kappa shape index (κ1) is 23.4. The summed E-state index contributed by atoms with van der Waals surface area (Å²) in [6.07, 6.45) is 5.43. The van der Waals surface area contributed by atoms with E-state index in [1.54, 1.807) is 26.2 Å². The fourth-order valence-electron chi connectivity index (χ4n) is 4.15. The number of halogens is 1. The van der Waals surface area contributed by atoms with Gasteiger partial charge in [0.2, 0.25) is 10.0 Å². The van der Waals surface area contributed by atoms with E-state index in [1.807, 2.05) is 12.1 Å². The van der Waals surface area contributed by atoms with Crippen LogP contribution < -0.4 is 5.32 Å². The molecule has 2 atom stereocenters. The van der Waals surface area contributed by atoms with Crippen LogP contribution in [0.3, 0.4) is 0 Å². The number of hydrogen-bond donors (Lipinski definition) is 1. The molecule has 1 aliphatic carbocycles. The molecule has 1 saturated heterocycles. The average molecular weight is 520 g/mol. The Kier molecular flexibility index (Phi) is 8.57. The van der Waals surface area contributed by atoms with Gasteiger partial charge in [-0.15, -0.1) is 24.0 Å². The van der Waals surface area contributed by atoms with Gasteiger partial charge in [0.05, 0.1) is 11.4 Å². The van der Waals surface area contributed by atoms with Crippen molar-refractivity contribution in [2.75, 3.05) is 33.7 Å². The third-order valence-corrected chi connectivity index (χ3v) is 7.55. The highest BCUT2D eigenvalue weighted by molar-refractivity contribution is 14.0. The summed E-state index contributed by atoms with van der Waals surface area (Å²) >= 11 is 0. The minimum atomic E-state index is -3.38. The molecule has 0 bridgehead atoms. The Morgan fingerprint density at radius 1 is 1.14 bits per heavy atom. The molecular weight excluding hydrogens is 487 g/mol. The van der Waals surface area contributed by atoms with E-state index in [1.165, 1.54) is 30.0 Å². The number of sulfonamides is 1. The normalized spacial score (nSPS) is 22.7. The zero-order chi connectivity index (χ0) is 19.4. The highest BCUT2D eigenvalue weighted by Crippen LogP contribution is 2.36. The maximum Gasteiger partial charge on any atom is 0.242 e. The standard InChI is InChI=1S/C20H32N4O2S.HI/c1-4-21-20(24-14-17-7-5-6-8-18(17)15-24)22-13-16-9-11-19(12-10-16)27(25,26)23(2)3;/h9-12,17-18H,4-8,13-15H2,1-3H3,(H,21,22);1H. The van der Waals surface area contributed by atoms with Crippen LogP contribution in [0.5, 0.6) is 0 Å². The summed E-state index contributed by atoms with van der Waals surface area (Å²) in [5.41, 5.74) is 1.01. The number of likely N-dealkylation sites (tertiary alicyclic amines) is 1. The first-order chi connectivity index (χ1) is 12.9. The summed E-state index contributed by atoms with van der Waals surface area (Å²) in [4.78, 5) is 7.55. The second kappa shape index (κ2) is 10.2. The average Bonchev–Trinajstić information content (AvgIpc) is 3.09. The summed E-state index contributed by atoms with van der Waals surface area (Å²) < 4.78 is 25.6. The molecule has 1 N–H and O–H groups in total. The molecule has 1 aromatic rings. The molecule has 2 unspecified atom stereocenters. The Balaban J connectivity index is 0.00000280. The van der Waals surface area contributed by atoms with Gasteiger partial charge in [0.1, 0.15) is 0 Å². The Hall–Kier alpha value is -0.870. The molecule has 2 fully saturated rings. The Bertz CT molecular complexity index is 751. The van der Waals surface area contributed by atoms with Gasteiger partial charge in [-0.25, -0.2) is 17.7 Å². The molecule has 0 radical (unpaired) electrons. The van der Waals surface area contributed by atoms with Crippen molar-refractivity contribution >= 4 is 40.0 Å². The van der Waals surface area contributed by atoms with Gasteiger partial charge in [-0.1, -0.05) is 25.0 Å². The van der Waals surface area contributed by atoms with Crippen LogP contribution in [0.4, 0.5) is 0 Å². The van der Waals surface area contributed by atoms with Crippen LogP contribution in [-0.4, -0.2) is 57.3 Å². The van der Waals surface area contributed by atoms with E-state index in [0.717, 1.165) is 43.0 Å². The number of aliphatic imine (C=N–C) groups is 1. The molecule has 28 heavy (non-hydrogen) atoms. The van der Waals surface area contributed by atoms with Gasteiger partial charge < -0.3 is 10.2 Å². The van der Waals surface area contributed by atoms with Gasteiger partial charge in [0, 0.05) is 33.7 Å². The van der Waals surface area contributed by atoms with E-state index in [2.05, 4.69) is 17.1 Å². The second-order valence-corrected chi connectivity index (χ2v) is 9.96. The molecule has 3 rings (SSSR count). The molecule has 158 valence electrons. The van der Waals surface area contributed by atoms with Crippen molar-refractivity contribution in [3.05, 3.63) is 29.8 Å². The number of rotatable bonds is 5. The first-order valence-electron chi connectivity index (χ1n) is 9.96. The smallest absolute Gasteiger partial charge is 0.242 e. The first-order valence-corrected chi connectivity index (χ1v) is 11.4. The van der Waals surface area contributed by atoms with Gasteiger partial charge in [-0.2, -0.15) is 0 Å². The largest absolute Gasteiger partial charge is 0.357 e. The molecule has 2 aliphatic rings. The van der Waals surface area contributed by atoms with Crippen molar-refractivity contribution < 1.29 is 8.42 Å². The monoisotopic (exact) mass is 520 g/mol. The molecule has 0 spiro atoms. The number of nitrogens with zero attached hydrogens (tertiary/aromatic N) is 3. The second-order valence-electron chi connectivity index (χ2n) is 7.81. The quantitative estimate of drug-likeness (QED) is 0.368.